The molecule has 0 saturated heterocycles. The van der Waals surface area contributed by atoms with Crippen LogP contribution in [0.15, 0.2) is 30.3 Å². The summed E-state index contributed by atoms with van der Waals surface area (Å²) in [5.41, 5.74) is 1.44. The summed E-state index contributed by atoms with van der Waals surface area (Å²) >= 11 is 0. The zero-order valence-corrected chi connectivity index (χ0v) is 20.2. The minimum absolute atomic E-state index is 0.105. The van der Waals surface area contributed by atoms with Gasteiger partial charge in [0, 0.05) is 6.07 Å². The number of carbonyl (C=O) groups is 1. The minimum atomic E-state index is -0.714. The van der Waals surface area contributed by atoms with Crippen LogP contribution in [0.3, 0.4) is 0 Å². The van der Waals surface area contributed by atoms with Crippen molar-refractivity contribution in [2.24, 2.45) is 11.8 Å². The molecule has 2 aromatic rings. The molecule has 0 aliphatic heterocycles. The van der Waals surface area contributed by atoms with Gasteiger partial charge in [-0.05, 0) is 98.8 Å². The highest BCUT2D eigenvalue weighted by Crippen LogP contribution is 2.42. The summed E-state index contributed by atoms with van der Waals surface area (Å²) in [5.74, 6) is -1.59. The molecule has 2 saturated carbocycles. The molecule has 184 valence electrons. The number of hydrogen-bond acceptors (Lipinski definition) is 2. The van der Waals surface area contributed by atoms with Crippen molar-refractivity contribution in [1.82, 2.24) is 0 Å². The van der Waals surface area contributed by atoms with Crippen molar-refractivity contribution in [1.29, 1.82) is 0 Å². The summed E-state index contributed by atoms with van der Waals surface area (Å²) in [6, 6.07) is 7.94. The molecule has 0 unspecified atom stereocenters. The average Bonchev–Trinajstić information content (AvgIpc) is 2.84. The first-order valence-corrected chi connectivity index (χ1v) is 12.8. The molecule has 0 bridgehead atoms. The van der Waals surface area contributed by atoms with Gasteiger partial charge in [-0.25, -0.2) is 13.2 Å². The second-order valence-electron chi connectivity index (χ2n) is 10.3. The van der Waals surface area contributed by atoms with E-state index in [9.17, 15) is 9.18 Å². The molecule has 0 aromatic heterocycles. The van der Waals surface area contributed by atoms with Crippen LogP contribution in [-0.2, 0) is 4.79 Å². The van der Waals surface area contributed by atoms with Crippen molar-refractivity contribution in [3.05, 3.63) is 64.5 Å². The van der Waals surface area contributed by atoms with Gasteiger partial charge in [0.05, 0.1) is 5.92 Å². The number of carbonyl (C=O) groups excluding carboxylic acids is 1. The Balaban J connectivity index is 1.35. The summed E-state index contributed by atoms with van der Waals surface area (Å²) in [6.07, 6.45) is 8.73. The van der Waals surface area contributed by atoms with Crippen LogP contribution in [0.2, 0.25) is 0 Å². The summed E-state index contributed by atoms with van der Waals surface area (Å²) < 4.78 is 49.3. The fourth-order valence-corrected chi connectivity index (χ4v) is 5.86. The number of halogens is 3. The number of benzene rings is 2. The Labute approximate surface area is 200 Å². The molecule has 2 aliphatic rings. The van der Waals surface area contributed by atoms with E-state index in [2.05, 4.69) is 6.92 Å². The van der Waals surface area contributed by atoms with E-state index in [0.29, 0.717) is 42.4 Å². The highest BCUT2D eigenvalue weighted by Gasteiger charge is 2.32. The zero-order valence-electron chi connectivity index (χ0n) is 20.2. The van der Waals surface area contributed by atoms with E-state index in [0.717, 1.165) is 31.6 Å². The Morgan fingerprint density at radius 1 is 0.853 bits per heavy atom. The Kier molecular flexibility index (Phi) is 8.00. The van der Waals surface area contributed by atoms with E-state index in [1.807, 2.05) is 0 Å². The van der Waals surface area contributed by atoms with Gasteiger partial charge in [0.1, 0.15) is 11.6 Å². The first-order chi connectivity index (χ1) is 16.4. The van der Waals surface area contributed by atoms with Gasteiger partial charge >= 0.3 is 5.97 Å². The molecule has 0 amide bonds. The Morgan fingerprint density at radius 3 is 1.94 bits per heavy atom. The van der Waals surface area contributed by atoms with Gasteiger partial charge in [0.25, 0.3) is 0 Å². The number of aryl methyl sites for hydroxylation is 1. The maximum absolute atomic E-state index is 15.1. The van der Waals surface area contributed by atoms with Crippen LogP contribution >= 0.6 is 0 Å². The lowest BCUT2D eigenvalue weighted by Gasteiger charge is -2.30. The molecule has 5 heteroatoms. The summed E-state index contributed by atoms with van der Waals surface area (Å²) in [7, 11) is 0. The fourth-order valence-electron chi connectivity index (χ4n) is 5.86. The maximum atomic E-state index is 15.1. The largest absolute Gasteiger partial charge is 0.426 e. The molecular formula is C29H35F3O2. The second kappa shape index (κ2) is 11.0. The molecule has 2 fully saturated rings. The van der Waals surface area contributed by atoms with Gasteiger partial charge in [0.2, 0.25) is 0 Å². The van der Waals surface area contributed by atoms with E-state index in [4.69, 9.17) is 4.74 Å². The molecule has 34 heavy (non-hydrogen) atoms. The van der Waals surface area contributed by atoms with Crippen molar-refractivity contribution >= 4 is 5.97 Å². The standard InChI is InChI=1S/C29H35F3O2/c1-3-4-19-6-8-20(9-7-19)24-15-16-25(28(32)27(24)31)21-10-12-22(13-11-21)29(33)34-23-14-5-18(2)26(30)17-23/h5,14-17,19-22H,3-4,6-13H2,1-2H3. The molecule has 2 nitrogen and oxygen atoms in total. The summed E-state index contributed by atoms with van der Waals surface area (Å²) in [5, 5.41) is 0. The third-order valence-corrected chi connectivity index (χ3v) is 7.99. The Bertz CT molecular complexity index is 1000. The van der Waals surface area contributed by atoms with Crippen molar-refractivity contribution in [3.8, 4) is 5.75 Å². The monoisotopic (exact) mass is 472 g/mol. The first-order valence-electron chi connectivity index (χ1n) is 12.8. The molecule has 0 heterocycles. The van der Waals surface area contributed by atoms with Gasteiger partial charge in [-0.15, -0.1) is 0 Å². The van der Waals surface area contributed by atoms with Gasteiger partial charge in [-0.3, -0.25) is 4.79 Å². The molecule has 0 atom stereocenters. The number of rotatable bonds is 6. The predicted molar refractivity (Wildman–Crippen MR) is 127 cm³/mol. The van der Waals surface area contributed by atoms with Gasteiger partial charge in [-0.2, -0.15) is 0 Å². The van der Waals surface area contributed by atoms with Crippen LogP contribution < -0.4 is 4.74 Å². The SMILES string of the molecule is CCCC1CCC(c2ccc(C3CCC(C(=O)Oc4ccc(C)c(F)c4)CC3)c(F)c2F)CC1. The maximum Gasteiger partial charge on any atom is 0.314 e. The van der Waals surface area contributed by atoms with Crippen LogP contribution in [-0.4, -0.2) is 5.97 Å². The van der Waals surface area contributed by atoms with Crippen molar-refractivity contribution in [3.63, 3.8) is 0 Å². The molecule has 0 radical (unpaired) electrons. The lowest BCUT2D eigenvalue weighted by atomic mass is 9.75. The van der Waals surface area contributed by atoms with Crippen LogP contribution in [0.4, 0.5) is 13.2 Å². The van der Waals surface area contributed by atoms with Crippen molar-refractivity contribution in [2.45, 2.75) is 89.9 Å². The van der Waals surface area contributed by atoms with Crippen LogP contribution in [0.5, 0.6) is 5.75 Å². The quantitative estimate of drug-likeness (QED) is 0.312. The Morgan fingerprint density at radius 2 is 1.41 bits per heavy atom. The highest BCUT2D eigenvalue weighted by atomic mass is 19.2. The van der Waals surface area contributed by atoms with Crippen LogP contribution in [0.25, 0.3) is 0 Å². The zero-order chi connectivity index (χ0) is 24.2. The molecule has 2 aliphatic carbocycles. The smallest absolute Gasteiger partial charge is 0.314 e. The molecular weight excluding hydrogens is 437 g/mol. The van der Waals surface area contributed by atoms with Crippen LogP contribution in [0.1, 0.15) is 99.7 Å². The topological polar surface area (TPSA) is 26.3 Å². The van der Waals surface area contributed by atoms with E-state index in [1.54, 1.807) is 31.2 Å². The van der Waals surface area contributed by atoms with E-state index < -0.39 is 17.5 Å². The number of hydrogen-bond donors (Lipinski definition) is 0. The average molecular weight is 473 g/mol. The lowest BCUT2D eigenvalue weighted by molar-refractivity contribution is -0.140. The van der Waals surface area contributed by atoms with Crippen molar-refractivity contribution in [2.75, 3.05) is 0 Å². The van der Waals surface area contributed by atoms with E-state index >= 15 is 8.78 Å². The van der Waals surface area contributed by atoms with Gasteiger partial charge in [-0.1, -0.05) is 38.0 Å². The summed E-state index contributed by atoms with van der Waals surface area (Å²) in [4.78, 5) is 12.5. The van der Waals surface area contributed by atoms with Crippen molar-refractivity contribution < 1.29 is 22.7 Å². The van der Waals surface area contributed by atoms with Crippen LogP contribution in [0, 0.1) is 36.2 Å². The summed E-state index contributed by atoms with van der Waals surface area (Å²) in [6.45, 7) is 3.84. The van der Waals surface area contributed by atoms with E-state index in [-0.39, 0.29) is 29.5 Å². The van der Waals surface area contributed by atoms with E-state index in [1.165, 1.54) is 18.9 Å². The number of ether oxygens (including phenoxy) is 1. The van der Waals surface area contributed by atoms with Gasteiger partial charge in [0.15, 0.2) is 11.6 Å². The molecule has 0 spiro atoms. The number of esters is 1. The normalized spacial score (nSPS) is 25.2. The van der Waals surface area contributed by atoms with Gasteiger partial charge < -0.3 is 4.74 Å². The molecule has 4 rings (SSSR count). The molecule has 0 N–H and O–H groups in total. The third-order valence-electron chi connectivity index (χ3n) is 7.99. The first kappa shape index (κ1) is 24.8. The lowest BCUT2D eigenvalue weighted by Crippen LogP contribution is -2.25. The highest BCUT2D eigenvalue weighted by molar-refractivity contribution is 5.75. The predicted octanol–water partition coefficient (Wildman–Crippen LogP) is 8.37. The third kappa shape index (κ3) is 5.50. The Hall–Kier alpha value is -2.30. The minimum Gasteiger partial charge on any atom is -0.426 e. The fraction of sp³-hybridized carbons (Fsp3) is 0.552. The molecule has 2 aromatic carbocycles. The second-order valence-corrected chi connectivity index (χ2v) is 10.3.